The maximum Gasteiger partial charge on any atom is 0.252 e. The Morgan fingerprint density at radius 1 is 1.29 bits per heavy atom. The number of anilines is 1. The number of benzene rings is 1. The van der Waals surface area contributed by atoms with Crippen LogP contribution >= 0.6 is 34.3 Å². The van der Waals surface area contributed by atoms with Crippen molar-refractivity contribution in [3.05, 3.63) is 40.5 Å². The van der Waals surface area contributed by atoms with Gasteiger partial charge in [-0.25, -0.2) is 17.8 Å². The lowest BCUT2D eigenvalue weighted by atomic mass is 9.99. The van der Waals surface area contributed by atoms with E-state index < -0.39 is 15.9 Å². The van der Waals surface area contributed by atoms with Crippen molar-refractivity contribution in [2.45, 2.75) is 17.1 Å². The molecule has 0 aliphatic carbocycles. The van der Waals surface area contributed by atoms with E-state index in [1.165, 1.54) is 33.8 Å². The van der Waals surface area contributed by atoms with E-state index in [-0.39, 0.29) is 22.5 Å². The minimum Gasteiger partial charge on any atom is -0.302 e. The van der Waals surface area contributed by atoms with Crippen LogP contribution < -0.4 is 5.32 Å². The van der Waals surface area contributed by atoms with Gasteiger partial charge in [0.25, 0.3) is 10.0 Å². The fourth-order valence-corrected chi connectivity index (χ4v) is 7.15. The molecule has 3 heterocycles. The number of hydrogen-bond donors (Lipinski definition) is 1. The second-order valence-corrected chi connectivity index (χ2v) is 11.3. The van der Waals surface area contributed by atoms with Crippen molar-refractivity contribution in [3.8, 4) is 0 Å². The predicted molar refractivity (Wildman–Crippen MR) is 109 cm³/mol. The second-order valence-electron chi connectivity index (χ2n) is 6.38. The van der Waals surface area contributed by atoms with Crippen LogP contribution in [0, 0.1) is 11.7 Å². The maximum atomic E-state index is 13.3. The van der Waals surface area contributed by atoms with Gasteiger partial charge in [-0.1, -0.05) is 22.9 Å². The van der Waals surface area contributed by atoms with E-state index in [9.17, 15) is 17.6 Å². The molecule has 1 aliphatic heterocycles. The van der Waals surface area contributed by atoms with Crippen molar-refractivity contribution >= 4 is 65.6 Å². The number of rotatable bonds is 4. The van der Waals surface area contributed by atoms with Crippen LogP contribution in [0.1, 0.15) is 12.8 Å². The Kier molecular flexibility index (Phi) is 5.41. The first-order valence-corrected chi connectivity index (χ1v) is 11.9. The maximum absolute atomic E-state index is 13.3. The Hall–Kier alpha value is -1.59. The Balaban J connectivity index is 1.48. The third kappa shape index (κ3) is 3.92. The average Bonchev–Trinajstić information content (AvgIpc) is 3.27. The second kappa shape index (κ2) is 7.68. The van der Waals surface area contributed by atoms with Gasteiger partial charge in [0.15, 0.2) is 5.13 Å². The molecule has 0 saturated carbocycles. The van der Waals surface area contributed by atoms with Gasteiger partial charge < -0.3 is 5.32 Å². The minimum absolute atomic E-state index is 0.100. The third-order valence-electron chi connectivity index (χ3n) is 4.48. The highest BCUT2D eigenvalue weighted by Gasteiger charge is 2.34. The fourth-order valence-electron chi connectivity index (χ4n) is 3.10. The number of nitrogens with one attached hydrogen (secondary N) is 1. The topological polar surface area (TPSA) is 79.4 Å². The summed E-state index contributed by atoms with van der Waals surface area (Å²) in [6.45, 7) is 0.464. The first-order valence-electron chi connectivity index (χ1n) is 8.45. The molecule has 0 unspecified atom stereocenters. The smallest absolute Gasteiger partial charge is 0.252 e. The van der Waals surface area contributed by atoms with Crippen molar-refractivity contribution in [1.82, 2.24) is 9.29 Å². The van der Waals surface area contributed by atoms with Crippen LogP contribution in [0.5, 0.6) is 0 Å². The van der Waals surface area contributed by atoms with Crippen molar-refractivity contribution in [3.63, 3.8) is 0 Å². The summed E-state index contributed by atoms with van der Waals surface area (Å²) in [4.78, 5) is 16.9. The van der Waals surface area contributed by atoms with E-state index in [0.29, 0.717) is 39.1 Å². The number of carbonyl (C=O) groups is 1. The molecule has 11 heteroatoms. The molecule has 1 fully saturated rings. The first-order chi connectivity index (χ1) is 13.3. The number of fused-ring (bicyclic) bond motifs is 1. The normalized spacial score (nSPS) is 18.4. The quantitative estimate of drug-likeness (QED) is 0.634. The van der Waals surface area contributed by atoms with Crippen molar-refractivity contribution in [2.75, 3.05) is 18.4 Å². The highest BCUT2D eigenvalue weighted by atomic mass is 35.5. The van der Waals surface area contributed by atoms with Crippen LogP contribution in [0.3, 0.4) is 0 Å². The molecule has 3 aromatic rings. The number of carbonyl (C=O) groups excluding carboxylic acids is 1. The van der Waals surface area contributed by atoms with E-state index in [1.54, 1.807) is 12.1 Å². The van der Waals surface area contributed by atoms with Crippen molar-refractivity contribution < 1.29 is 17.6 Å². The van der Waals surface area contributed by atoms with Gasteiger partial charge in [0.2, 0.25) is 5.91 Å². The number of thiazole rings is 1. The summed E-state index contributed by atoms with van der Waals surface area (Å²) >= 11 is 8.04. The summed E-state index contributed by atoms with van der Waals surface area (Å²) in [7, 11) is -3.67. The van der Waals surface area contributed by atoms with Crippen LogP contribution in [0.25, 0.3) is 10.2 Å². The molecule has 1 amide bonds. The standard InChI is InChI=1S/C17H15ClFN3O3S3/c18-14-5-6-15(27-14)28(24,25)22-7-1-2-10(9-22)16(23)21-17-20-12-4-3-11(19)8-13(12)26-17/h3-6,8,10H,1-2,7,9H2,(H,20,21,23)/t10-/m1/s1. The Bertz CT molecular complexity index is 1140. The van der Waals surface area contributed by atoms with E-state index in [4.69, 9.17) is 11.6 Å². The van der Waals surface area contributed by atoms with E-state index in [0.717, 1.165) is 11.3 Å². The lowest BCUT2D eigenvalue weighted by Gasteiger charge is -2.30. The molecule has 4 rings (SSSR count). The molecular weight excluding hydrogens is 445 g/mol. The van der Waals surface area contributed by atoms with Crippen LogP contribution in [0.4, 0.5) is 9.52 Å². The molecule has 1 N–H and O–H groups in total. The van der Waals surface area contributed by atoms with Gasteiger partial charge in [0.1, 0.15) is 10.0 Å². The van der Waals surface area contributed by atoms with Crippen LogP contribution in [0.2, 0.25) is 4.34 Å². The van der Waals surface area contributed by atoms with Gasteiger partial charge in [-0.3, -0.25) is 4.79 Å². The molecule has 6 nitrogen and oxygen atoms in total. The van der Waals surface area contributed by atoms with Gasteiger partial charge >= 0.3 is 0 Å². The van der Waals surface area contributed by atoms with E-state index in [1.807, 2.05) is 0 Å². The average molecular weight is 460 g/mol. The molecule has 148 valence electrons. The lowest BCUT2D eigenvalue weighted by molar-refractivity contribution is -0.120. The summed E-state index contributed by atoms with van der Waals surface area (Å²) in [6, 6.07) is 7.26. The molecular formula is C17H15ClFN3O3S3. The Morgan fingerprint density at radius 2 is 2.11 bits per heavy atom. The highest BCUT2D eigenvalue weighted by molar-refractivity contribution is 7.91. The predicted octanol–water partition coefficient (Wildman–Crippen LogP) is 4.19. The number of nitrogens with zero attached hydrogens (tertiary/aromatic N) is 2. The third-order valence-corrected chi connectivity index (χ3v) is 8.98. The molecule has 1 aromatic carbocycles. The number of amides is 1. The summed E-state index contributed by atoms with van der Waals surface area (Å²) in [6.07, 6.45) is 1.17. The number of thiophene rings is 1. The number of sulfonamides is 1. The molecule has 1 saturated heterocycles. The van der Waals surface area contributed by atoms with Crippen molar-refractivity contribution in [1.29, 1.82) is 0 Å². The van der Waals surface area contributed by atoms with Gasteiger partial charge in [0.05, 0.1) is 20.5 Å². The summed E-state index contributed by atoms with van der Waals surface area (Å²) in [5, 5.41) is 3.11. The van der Waals surface area contributed by atoms with Gasteiger partial charge in [-0.15, -0.1) is 11.3 Å². The fraction of sp³-hybridized carbons (Fsp3) is 0.294. The summed E-state index contributed by atoms with van der Waals surface area (Å²) < 4.78 is 41.4. The minimum atomic E-state index is -3.67. The monoisotopic (exact) mass is 459 g/mol. The van der Waals surface area contributed by atoms with Crippen LogP contribution in [0.15, 0.2) is 34.5 Å². The Labute approximate surface area is 174 Å². The summed E-state index contributed by atoms with van der Waals surface area (Å²) in [5.74, 6) is -1.14. The SMILES string of the molecule is O=C(Nc1nc2ccc(F)cc2s1)[C@@H]1CCCN(S(=O)(=O)c2ccc(Cl)s2)C1. The molecule has 1 atom stereocenters. The van der Waals surface area contributed by atoms with E-state index >= 15 is 0 Å². The zero-order chi connectivity index (χ0) is 19.9. The van der Waals surface area contributed by atoms with Gasteiger partial charge in [0, 0.05) is 13.1 Å². The zero-order valence-electron chi connectivity index (χ0n) is 14.4. The Morgan fingerprint density at radius 3 is 2.86 bits per heavy atom. The largest absolute Gasteiger partial charge is 0.302 e. The molecule has 2 aromatic heterocycles. The first kappa shape index (κ1) is 19.7. The highest BCUT2D eigenvalue weighted by Crippen LogP contribution is 2.31. The number of hydrogen-bond acceptors (Lipinski definition) is 6. The number of halogens is 2. The number of piperidine rings is 1. The molecule has 28 heavy (non-hydrogen) atoms. The zero-order valence-corrected chi connectivity index (χ0v) is 17.6. The molecule has 0 radical (unpaired) electrons. The summed E-state index contributed by atoms with van der Waals surface area (Å²) in [5.41, 5.74) is 0.601. The molecule has 1 aliphatic rings. The van der Waals surface area contributed by atoms with E-state index in [2.05, 4.69) is 10.3 Å². The molecule has 0 bridgehead atoms. The van der Waals surface area contributed by atoms with Crippen LogP contribution in [-0.2, 0) is 14.8 Å². The molecule has 0 spiro atoms. The van der Waals surface area contributed by atoms with Gasteiger partial charge in [-0.05, 0) is 43.2 Å². The number of aromatic nitrogens is 1. The van der Waals surface area contributed by atoms with Crippen molar-refractivity contribution in [2.24, 2.45) is 5.92 Å². The van der Waals surface area contributed by atoms with Gasteiger partial charge in [-0.2, -0.15) is 4.31 Å². The van der Waals surface area contributed by atoms with Crippen LogP contribution in [-0.4, -0.2) is 36.7 Å². The lowest BCUT2D eigenvalue weighted by Crippen LogP contribution is -2.43.